The molecule has 1 unspecified atom stereocenters. The van der Waals surface area contributed by atoms with Crippen LogP contribution in [-0.2, 0) is 13.0 Å². The minimum absolute atomic E-state index is 0.580. The highest BCUT2D eigenvalue weighted by Gasteiger charge is 2.14. The summed E-state index contributed by atoms with van der Waals surface area (Å²) in [6, 6.07) is 0.580. The molecule has 0 bridgehead atoms. The monoisotopic (exact) mass is 257 g/mol. The predicted molar refractivity (Wildman–Crippen MR) is 73.7 cm³/mol. The van der Waals surface area contributed by atoms with E-state index in [1.54, 1.807) is 0 Å². The number of rotatable bonds is 7. The predicted octanol–water partition coefficient (Wildman–Crippen LogP) is 3.19. The summed E-state index contributed by atoms with van der Waals surface area (Å²) in [5.74, 6) is 0. The van der Waals surface area contributed by atoms with Crippen molar-refractivity contribution in [1.82, 2.24) is 15.1 Å². The zero-order valence-corrected chi connectivity index (χ0v) is 12.1. The quantitative estimate of drug-likeness (QED) is 0.813. The van der Waals surface area contributed by atoms with Crippen LogP contribution in [-0.4, -0.2) is 22.4 Å². The fraction of sp³-hybridized carbons (Fsp3) is 0.769. The van der Waals surface area contributed by atoms with E-state index in [1.807, 2.05) is 11.6 Å². The molecule has 0 saturated carbocycles. The molecule has 98 valence electrons. The van der Waals surface area contributed by atoms with Gasteiger partial charge in [0.25, 0.3) is 0 Å². The Labute approximate surface area is 110 Å². The lowest BCUT2D eigenvalue weighted by Crippen LogP contribution is -2.28. The van der Waals surface area contributed by atoms with E-state index in [1.165, 1.54) is 5.69 Å². The maximum atomic E-state index is 6.29. The Bertz CT molecular complexity index is 347. The van der Waals surface area contributed by atoms with Gasteiger partial charge in [0.1, 0.15) is 0 Å². The topological polar surface area (TPSA) is 29.9 Å². The van der Waals surface area contributed by atoms with Crippen molar-refractivity contribution < 1.29 is 0 Å². The molecule has 1 aromatic rings. The Balaban J connectivity index is 2.67. The summed E-state index contributed by atoms with van der Waals surface area (Å²) in [5.41, 5.74) is 2.13. The van der Waals surface area contributed by atoms with Crippen molar-refractivity contribution in [2.45, 2.75) is 59.5 Å². The summed E-state index contributed by atoms with van der Waals surface area (Å²) < 4.78 is 2.02. The van der Waals surface area contributed by atoms with Gasteiger partial charge in [0, 0.05) is 12.6 Å². The van der Waals surface area contributed by atoms with Crippen LogP contribution in [0.2, 0.25) is 5.02 Å². The number of hydrogen-bond acceptors (Lipinski definition) is 2. The first-order chi connectivity index (χ1) is 8.13. The minimum atomic E-state index is 0.580. The molecule has 0 aliphatic rings. The second-order valence-corrected chi connectivity index (χ2v) is 4.74. The molecule has 0 aromatic carbocycles. The van der Waals surface area contributed by atoms with Crippen LogP contribution in [0.15, 0.2) is 0 Å². The molecule has 1 atom stereocenters. The molecular weight excluding hydrogens is 234 g/mol. The summed E-state index contributed by atoms with van der Waals surface area (Å²) in [5, 5.41) is 8.78. The van der Waals surface area contributed by atoms with Crippen molar-refractivity contribution in [2.75, 3.05) is 6.54 Å². The summed E-state index contributed by atoms with van der Waals surface area (Å²) in [4.78, 5) is 0. The van der Waals surface area contributed by atoms with Crippen LogP contribution in [0.3, 0.4) is 0 Å². The van der Waals surface area contributed by atoms with Crippen molar-refractivity contribution in [3.05, 3.63) is 16.4 Å². The Kier molecular flexibility index (Phi) is 6.00. The Morgan fingerprint density at radius 3 is 2.59 bits per heavy atom. The van der Waals surface area contributed by atoms with Gasteiger partial charge >= 0.3 is 0 Å². The van der Waals surface area contributed by atoms with Crippen LogP contribution in [0.5, 0.6) is 0 Å². The van der Waals surface area contributed by atoms with Crippen molar-refractivity contribution >= 4 is 11.6 Å². The molecule has 1 heterocycles. The van der Waals surface area contributed by atoms with Gasteiger partial charge in [-0.1, -0.05) is 25.4 Å². The van der Waals surface area contributed by atoms with E-state index in [9.17, 15) is 0 Å². The number of halogens is 1. The Hall–Kier alpha value is -0.540. The molecule has 17 heavy (non-hydrogen) atoms. The largest absolute Gasteiger partial charge is 0.314 e. The second kappa shape index (κ2) is 7.02. The van der Waals surface area contributed by atoms with Crippen molar-refractivity contribution in [3.63, 3.8) is 0 Å². The number of aryl methyl sites for hydroxylation is 2. The first-order valence-electron chi connectivity index (χ1n) is 6.59. The van der Waals surface area contributed by atoms with Gasteiger partial charge in [0.05, 0.1) is 16.4 Å². The molecule has 1 rings (SSSR count). The Morgan fingerprint density at radius 1 is 1.35 bits per heavy atom. The van der Waals surface area contributed by atoms with Gasteiger partial charge in [0.2, 0.25) is 0 Å². The van der Waals surface area contributed by atoms with Gasteiger partial charge in [0.15, 0.2) is 0 Å². The molecule has 0 aliphatic heterocycles. The molecule has 0 spiro atoms. The number of nitrogens with one attached hydrogen (secondary N) is 1. The normalized spacial score (nSPS) is 13.0. The van der Waals surface area contributed by atoms with Crippen LogP contribution in [0, 0.1) is 6.92 Å². The second-order valence-electron chi connectivity index (χ2n) is 4.36. The van der Waals surface area contributed by atoms with Gasteiger partial charge in [-0.2, -0.15) is 5.10 Å². The SMILES string of the molecule is CCNC(CC)CCc1c(Cl)c(C)nn1CC. The molecule has 1 N–H and O–H groups in total. The third kappa shape index (κ3) is 3.71. The molecule has 0 aliphatic carbocycles. The highest BCUT2D eigenvalue weighted by atomic mass is 35.5. The lowest BCUT2D eigenvalue weighted by atomic mass is 10.1. The van der Waals surface area contributed by atoms with Gasteiger partial charge in [-0.05, 0) is 39.7 Å². The molecule has 0 saturated heterocycles. The van der Waals surface area contributed by atoms with E-state index >= 15 is 0 Å². The van der Waals surface area contributed by atoms with Crippen LogP contribution in [0.1, 0.15) is 45.0 Å². The van der Waals surface area contributed by atoms with E-state index in [2.05, 4.69) is 31.2 Å². The van der Waals surface area contributed by atoms with Crippen molar-refractivity contribution in [2.24, 2.45) is 0 Å². The van der Waals surface area contributed by atoms with Crippen LogP contribution >= 0.6 is 11.6 Å². The Morgan fingerprint density at radius 2 is 2.06 bits per heavy atom. The summed E-state index contributed by atoms with van der Waals surface area (Å²) >= 11 is 6.29. The highest BCUT2D eigenvalue weighted by molar-refractivity contribution is 6.31. The third-order valence-electron chi connectivity index (χ3n) is 3.17. The van der Waals surface area contributed by atoms with Gasteiger partial charge < -0.3 is 5.32 Å². The summed E-state index contributed by atoms with van der Waals surface area (Å²) in [7, 11) is 0. The fourth-order valence-corrected chi connectivity index (χ4v) is 2.39. The number of nitrogens with zero attached hydrogens (tertiary/aromatic N) is 2. The lowest BCUT2D eigenvalue weighted by Gasteiger charge is -2.15. The van der Waals surface area contributed by atoms with Gasteiger partial charge in [-0.3, -0.25) is 4.68 Å². The van der Waals surface area contributed by atoms with Crippen LogP contribution in [0.25, 0.3) is 0 Å². The molecule has 0 radical (unpaired) electrons. The molecule has 4 heteroatoms. The third-order valence-corrected chi connectivity index (χ3v) is 3.66. The number of hydrogen-bond donors (Lipinski definition) is 1. The lowest BCUT2D eigenvalue weighted by molar-refractivity contribution is 0.471. The summed E-state index contributed by atoms with van der Waals surface area (Å²) in [6.07, 6.45) is 3.28. The van der Waals surface area contributed by atoms with E-state index in [0.717, 1.165) is 43.1 Å². The highest BCUT2D eigenvalue weighted by Crippen LogP contribution is 2.22. The van der Waals surface area contributed by atoms with Crippen molar-refractivity contribution in [3.8, 4) is 0 Å². The van der Waals surface area contributed by atoms with E-state index < -0.39 is 0 Å². The van der Waals surface area contributed by atoms with Gasteiger partial charge in [-0.25, -0.2) is 0 Å². The fourth-order valence-electron chi connectivity index (χ4n) is 2.16. The average molecular weight is 258 g/mol. The van der Waals surface area contributed by atoms with E-state index in [-0.39, 0.29) is 0 Å². The molecule has 3 nitrogen and oxygen atoms in total. The molecular formula is C13H24ClN3. The van der Waals surface area contributed by atoms with E-state index in [4.69, 9.17) is 11.6 Å². The molecule has 0 amide bonds. The minimum Gasteiger partial charge on any atom is -0.314 e. The summed E-state index contributed by atoms with van der Waals surface area (Å²) in [6.45, 7) is 10.4. The smallest absolute Gasteiger partial charge is 0.0847 e. The maximum absolute atomic E-state index is 6.29. The van der Waals surface area contributed by atoms with E-state index in [0.29, 0.717) is 6.04 Å². The zero-order valence-electron chi connectivity index (χ0n) is 11.4. The molecule has 0 fully saturated rings. The van der Waals surface area contributed by atoms with Crippen LogP contribution < -0.4 is 5.32 Å². The van der Waals surface area contributed by atoms with Crippen LogP contribution in [0.4, 0.5) is 0 Å². The van der Waals surface area contributed by atoms with Gasteiger partial charge in [-0.15, -0.1) is 0 Å². The number of aromatic nitrogens is 2. The molecule has 1 aromatic heterocycles. The zero-order chi connectivity index (χ0) is 12.8. The first-order valence-corrected chi connectivity index (χ1v) is 6.96. The van der Waals surface area contributed by atoms with Crippen molar-refractivity contribution in [1.29, 1.82) is 0 Å². The standard InChI is InChI=1S/C13H24ClN3/c1-5-11(15-6-2)8-9-12-13(14)10(4)16-17(12)7-3/h11,15H,5-9H2,1-4H3. The first kappa shape index (κ1) is 14.5. The maximum Gasteiger partial charge on any atom is 0.0847 e. The average Bonchev–Trinajstić information content (AvgIpc) is 2.61.